The predicted octanol–water partition coefficient (Wildman–Crippen LogP) is 1.06. The fraction of sp³-hybridized carbons (Fsp3) is 0.467. The Kier molecular flexibility index (Phi) is 5.26. The molecule has 5 heteroatoms. The molecule has 2 atom stereocenters. The number of rotatable bonds is 5. The normalized spacial score (nSPS) is 22.2. The molecular formula is C15H20N2O3. The summed E-state index contributed by atoms with van der Waals surface area (Å²) in [6, 6.07) is 9.29. The van der Waals surface area contributed by atoms with Crippen LogP contribution >= 0.6 is 0 Å². The van der Waals surface area contributed by atoms with Crippen molar-refractivity contribution in [2.75, 3.05) is 6.54 Å². The number of carbonyl (C=O) groups excluding carboxylic acids is 2. The van der Waals surface area contributed by atoms with Crippen LogP contribution in [0.15, 0.2) is 30.3 Å². The van der Waals surface area contributed by atoms with Crippen molar-refractivity contribution in [1.82, 2.24) is 10.8 Å². The highest BCUT2D eigenvalue weighted by Crippen LogP contribution is 2.22. The van der Waals surface area contributed by atoms with Crippen LogP contribution < -0.4 is 10.8 Å². The largest absolute Gasteiger partial charge is 0.307 e. The van der Waals surface area contributed by atoms with E-state index in [4.69, 9.17) is 5.21 Å². The predicted molar refractivity (Wildman–Crippen MR) is 74.2 cm³/mol. The maximum atomic E-state index is 12.4. The summed E-state index contributed by atoms with van der Waals surface area (Å²) in [6.07, 6.45) is 2.31. The van der Waals surface area contributed by atoms with Crippen LogP contribution in [0, 0.1) is 5.92 Å². The Labute approximate surface area is 118 Å². The van der Waals surface area contributed by atoms with Crippen LogP contribution in [-0.2, 0) is 16.0 Å². The van der Waals surface area contributed by atoms with Crippen molar-refractivity contribution in [2.24, 2.45) is 5.92 Å². The molecule has 3 N–H and O–H groups in total. The molecule has 0 aromatic heterocycles. The number of hydroxylamine groups is 1. The fourth-order valence-electron chi connectivity index (χ4n) is 2.74. The Morgan fingerprint density at radius 1 is 1.30 bits per heavy atom. The topological polar surface area (TPSA) is 78.4 Å². The van der Waals surface area contributed by atoms with Gasteiger partial charge in [-0.3, -0.25) is 14.8 Å². The molecule has 0 spiro atoms. The number of benzene rings is 1. The summed E-state index contributed by atoms with van der Waals surface area (Å²) in [7, 11) is 0. The number of nitrogens with one attached hydrogen (secondary N) is 2. The molecule has 20 heavy (non-hydrogen) atoms. The highest BCUT2D eigenvalue weighted by molar-refractivity contribution is 5.87. The molecule has 0 aliphatic carbocycles. The van der Waals surface area contributed by atoms with Crippen LogP contribution in [0.25, 0.3) is 0 Å². The third-order valence-electron chi connectivity index (χ3n) is 3.73. The Morgan fingerprint density at radius 3 is 2.75 bits per heavy atom. The number of Topliss-reactive ketones (excluding diaryl/α,β-unsaturated/α-hetero) is 1. The molecule has 0 radical (unpaired) electrons. The van der Waals surface area contributed by atoms with E-state index in [1.807, 2.05) is 30.3 Å². The molecule has 1 heterocycles. The molecule has 0 saturated carbocycles. The fourth-order valence-corrected chi connectivity index (χ4v) is 2.74. The van der Waals surface area contributed by atoms with Gasteiger partial charge >= 0.3 is 0 Å². The number of hydrogen-bond acceptors (Lipinski definition) is 4. The number of carbonyl (C=O) groups is 2. The van der Waals surface area contributed by atoms with E-state index in [1.165, 1.54) is 0 Å². The molecule has 1 aliphatic heterocycles. The SMILES string of the molecule is O=C(CC1CCCNC1C(=O)Cc1ccccc1)NO. The highest BCUT2D eigenvalue weighted by Gasteiger charge is 2.31. The van der Waals surface area contributed by atoms with Gasteiger partial charge in [0, 0.05) is 12.8 Å². The van der Waals surface area contributed by atoms with Crippen molar-refractivity contribution in [3.63, 3.8) is 0 Å². The van der Waals surface area contributed by atoms with E-state index in [0.29, 0.717) is 6.42 Å². The number of amides is 1. The maximum absolute atomic E-state index is 12.4. The van der Waals surface area contributed by atoms with E-state index in [0.717, 1.165) is 24.9 Å². The van der Waals surface area contributed by atoms with Gasteiger partial charge in [0.15, 0.2) is 5.78 Å². The van der Waals surface area contributed by atoms with Crippen LogP contribution in [0.2, 0.25) is 0 Å². The Morgan fingerprint density at radius 2 is 2.05 bits per heavy atom. The smallest absolute Gasteiger partial charge is 0.243 e. The second-order valence-electron chi connectivity index (χ2n) is 5.20. The Bertz CT molecular complexity index is 461. The van der Waals surface area contributed by atoms with E-state index in [1.54, 1.807) is 5.48 Å². The lowest BCUT2D eigenvalue weighted by Crippen LogP contribution is -2.48. The summed E-state index contributed by atoms with van der Waals surface area (Å²) >= 11 is 0. The van der Waals surface area contributed by atoms with Gasteiger partial charge in [-0.1, -0.05) is 30.3 Å². The first-order chi connectivity index (χ1) is 9.70. The van der Waals surface area contributed by atoms with Gasteiger partial charge in [0.25, 0.3) is 0 Å². The van der Waals surface area contributed by atoms with Gasteiger partial charge in [0.05, 0.1) is 6.04 Å². The quantitative estimate of drug-likeness (QED) is 0.555. The first kappa shape index (κ1) is 14.7. The lowest BCUT2D eigenvalue weighted by Gasteiger charge is -2.31. The van der Waals surface area contributed by atoms with E-state index in [9.17, 15) is 9.59 Å². The lowest BCUT2D eigenvalue weighted by molar-refractivity contribution is -0.131. The van der Waals surface area contributed by atoms with Crippen LogP contribution in [0.1, 0.15) is 24.8 Å². The average Bonchev–Trinajstić information content (AvgIpc) is 2.48. The molecule has 1 aliphatic rings. The monoisotopic (exact) mass is 276 g/mol. The first-order valence-electron chi connectivity index (χ1n) is 6.93. The molecule has 1 aromatic rings. The van der Waals surface area contributed by atoms with Gasteiger partial charge in [-0.2, -0.15) is 0 Å². The van der Waals surface area contributed by atoms with E-state index in [2.05, 4.69) is 5.32 Å². The van der Waals surface area contributed by atoms with Gasteiger partial charge in [0.1, 0.15) is 0 Å². The van der Waals surface area contributed by atoms with Crippen molar-refractivity contribution in [3.8, 4) is 0 Å². The van der Waals surface area contributed by atoms with Gasteiger partial charge in [-0.15, -0.1) is 0 Å². The lowest BCUT2D eigenvalue weighted by atomic mass is 9.84. The zero-order chi connectivity index (χ0) is 14.4. The highest BCUT2D eigenvalue weighted by atomic mass is 16.5. The second kappa shape index (κ2) is 7.17. The summed E-state index contributed by atoms with van der Waals surface area (Å²) in [5.41, 5.74) is 2.63. The summed E-state index contributed by atoms with van der Waals surface area (Å²) in [5, 5.41) is 11.8. The molecule has 1 aromatic carbocycles. The minimum absolute atomic E-state index is 0.0490. The second-order valence-corrected chi connectivity index (χ2v) is 5.20. The Hall–Kier alpha value is -1.72. The van der Waals surface area contributed by atoms with Gasteiger partial charge in [-0.05, 0) is 30.9 Å². The molecule has 1 fully saturated rings. The molecule has 1 saturated heterocycles. The van der Waals surface area contributed by atoms with Crippen molar-refractivity contribution >= 4 is 11.7 Å². The van der Waals surface area contributed by atoms with Gasteiger partial charge < -0.3 is 5.32 Å². The molecule has 108 valence electrons. The minimum atomic E-state index is -0.434. The zero-order valence-corrected chi connectivity index (χ0v) is 11.3. The first-order valence-corrected chi connectivity index (χ1v) is 6.93. The van der Waals surface area contributed by atoms with Crippen molar-refractivity contribution in [3.05, 3.63) is 35.9 Å². The summed E-state index contributed by atoms with van der Waals surface area (Å²) < 4.78 is 0. The molecular weight excluding hydrogens is 256 g/mol. The van der Waals surface area contributed by atoms with E-state index >= 15 is 0 Å². The van der Waals surface area contributed by atoms with Gasteiger partial charge in [0.2, 0.25) is 5.91 Å². The van der Waals surface area contributed by atoms with Crippen LogP contribution in [-0.4, -0.2) is 29.5 Å². The van der Waals surface area contributed by atoms with Crippen molar-refractivity contribution < 1.29 is 14.8 Å². The number of hydrogen-bond donors (Lipinski definition) is 3. The van der Waals surface area contributed by atoms with Crippen LogP contribution in [0.4, 0.5) is 0 Å². The molecule has 1 amide bonds. The zero-order valence-electron chi connectivity index (χ0n) is 11.3. The minimum Gasteiger partial charge on any atom is -0.307 e. The molecule has 5 nitrogen and oxygen atoms in total. The molecule has 0 bridgehead atoms. The van der Waals surface area contributed by atoms with Crippen LogP contribution in [0.5, 0.6) is 0 Å². The Balaban J connectivity index is 2.00. The summed E-state index contributed by atoms with van der Waals surface area (Å²) in [4.78, 5) is 23.7. The number of piperidine rings is 1. The summed E-state index contributed by atoms with van der Waals surface area (Å²) in [6.45, 7) is 0.794. The average molecular weight is 276 g/mol. The summed E-state index contributed by atoms with van der Waals surface area (Å²) in [5.74, 6) is -0.380. The van der Waals surface area contributed by atoms with E-state index in [-0.39, 0.29) is 24.2 Å². The van der Waals surface area contributed by atoms with Crippen molar-refractivity contribution in [2.45, 2.75) is 31.7 Å². The standard InChI is InChI=1S/C15H20N2O3/c18-13(9-11-5-2-1-3-6-11)15-12(7-4-8-16-15)10-14(19)17-20/h1-3,5-6,12,15-16,20H,4,7-10H2,(H,17,19). The molecule has 2 rings (SSSR count). The van der Waals surface area contributed by atoms with E-state index < -0.39 is 5.91 Å². The molecule has 2 unspecified atom stereocenters. The maximum Gasteiger partial charge on any atom is 0.243 e. The third kappa shape index (κ3) is 3.88. The van der Waals surface area contributed by atoms with Crippen LogP contribution in [0.3, 0.4) is 0 Å². The van der Waals surface area contributed by atoms with Gasteiger partial charge in [-0.25, -0.2) is 5.48 Å². The van der Waals surface area contributed by atoms with Crippen molar-refractivity contribution in [1.29, 1.82) is 0 Å². The number of ketones is 1. The third-order valence-corrected chi connectivity index (χ3v) is 3.73.